The third kappa shape index (κ3) is 4.92. The predicted molar refractivity (Wildman–Crippen MR) is 154 cm³/mol. The monoisotopic (exact) mass is 530 g/mol. The molecule has 4 aromatic rings. The van der Waals surface area contributed by atoms with Gasteiger partial charge in [-0.15, -0.1) is 11.3 Å². The van der Waals surface area contributed by atoms with Gasteiger partial charge in [-0.25, -0.2) is 4.98 Å². The molecule has 0 saturated heterocycles. The fraction of sp³-hybridized carbons (Fsp3) is 0.367. The van der Waals surface area contributed by atoms with Crippen LogP contribution in [-0.4, -0.2) is 48.9 Å². The Kier molecular flexibility index (Phi) is 7.51. The van der Waals surface area contributed by atoms with Crippen molar-refractivity contribution < 1.29 is 14.3 Å². The topological polar surface area (TPSA) is 78.5 Å². The fourth-order valence-electron chi connectivity index (χ4n) is 5.51. The van der Waals surface area contributed by atoms with Crippen molar-refractivity contribution in [3.63, 3.8) is 0 Å². The van der Waals surface area contributed by atoms with Crippen molar-refractivity contribution in [1.29, 1.82) is 0 Å². The standard InChI is InChI=1S/C30H34N4O3S/c1-19-23(18-26(35)34(30-31-16-17-38-30)22-8-6-5-7-9-22)27-24(32-19)14-15-25(37-4)28(27)29(36)20-10-12-21(13-11-20)33(2)3/h10-17,22,32H,5-9,18H2,1-4H3. The maximum atomic E-state index is 14.0. The summed E-state index contributed by atoms with van der Waals surface area (Å²) in [6, 6.07) is 11.4. The smallest absolute Gasteiger partial charge is 0.233 e. The van der Waals surface area contributed by atoms with Crippen LogP contribution < -0.4 is 14.5 Å². The molecule has 0 aliphatic heterocycles. The number of anilines is 2. The number of hydrogen-bond donors (Lipinski definition) is 1. The first-order chi connectivity index (χ1) is 18.4. The molecule has 8 heteroatoms. The third-order valence-corrected chi connectivity index (χ3v) is 8.27. The van der Waals surface area contributed by atoms with Crippen molar-refractivity contribution in [3.8, 4) is 5.75 Å². The number of nitrogens with zero attached hydrogens (tertiary/aromatic N) is 3. The second kappa shape index (κ2) is 11.0. The minimum atomic E-state index is -0.130. The van der Waals surface area contributed by atoms with Crippen LogP contribution >= 0.6 is 11.3 Å². The van der Waals surface area contributed by atoms with Gasteiger partial charge in [-0.05, 0) is 61.7 Å². The zero-order valence-electron chi connectivity index (χ0n) is 22.4. The van der Waals surface area contributed by atoms with Crippen LogP contribution in [-0.2, 0) is 11.2 Å². The first-order valence-electron chi connectivity index (χ1n) is 13.1. The number of benzene rings is 2. The van der Waals surface area contributed by atoms with E-state index in [9.17, 15) is 9.59 Å². The average Bonchev–Trinajstić information content (AvgIpc) is 3.56. The number of fused-ring (bicyclic) bond motifs is 1. The molecule has 0 atom stereocenters. The molecule has 2 heterocycles. The lowest BCUT2D eigenvalue weighted by Gasteiger charge is -2.32. The van der Waals surface area contributed by atoms with Gasteiger partial charge in [-0.1, -0.05) is 19.3 Å². The molecule has 2 aromatic heterocycles. The number of hydrogen-bond acceptors (Lipinski definition) is 6. The van der Waals surface area contributed by atoms with E-state index in [4.69, 9.17) is 4.74 Å². The number of carbonyl (C=O) groups is 2. The minimum absolute atomic E-state index is 0.00686. The van der Waals surface area contributed by atoms with Crippen molar-refractivity contribution in [1.82, 2.24) is 9.97 Å². The predicted octanol–water partition coefficient (Wildman–Crippen LogP) is 6.15. The maximum absolute atomic E-state index is 14.0. The highest BCUT2D eigenvalue weighted by Gasteiger charge is 2.31. The number of methoxy groups -OCH3 is 1. The van der Waals surface area contributed by atoms with Crippen LogP contribution in [0.15, 0.2) is 48.0 Å². The molecule has 0 radical (unpaired) electrons. The van der Waals surface area contributed by atoms with Crippen LogP contribution in [0.4, 0.5) is 10.8 Å². The third-order valence-electron chi connectivity index (χ3n) is 7.50. The summed E-state index contributed by atoms with van der Waals surface area (Å²) in [6.45, 7) is 1.96. The summed E-state index contributed by atoms with van der Waals surface area (Å²) in [5, 5.41) is 3.41. The van der Waals surface area contributed by atoms with Crippen LogP contribution in [0.2, 0.25) is 0 Å². The first kappa shape index (κ1) is 26.0. The quantitative estimate of drug-likeness (QED) is 0.277. The van der Waals surface area contributed by atoms with Gasteiger partial charge in [0, 0.05) is 59.6 Å². The Morgan fingerprint density at radius 3 is 2.45 bits per heavy atom. The van der Waals surface area contributed by atoms with Gasteiger partial charge in [0.15, 0.2) is 10.9 Å². The number of amides is 1. The molecule has 198 valence electrons. The molecule has 0 unspecified atom stereocenters. The van der Waals surface area contributed by atoms with Crippen molar-refractivity contribution in [2.75, 3.05) is 31.0 Å². The highest BCUT2D eigenvalue weighted by Crippen LogP contribution is 2.36. The molecule has 1 amide bonds. The molecule has 5 rings (SSSR count). The lowest BCUT2D eigenvalue weighted by molar-refractivity contribution is -0.118. The lowest BCUT2D eigenvalue weighted by atomic mass is 9.93. The number of carbonyl (C=O) groups excluding carboxylic acids is 2. The number of H-pyrrole nitrogens is 1. The largest absolute Gasteiger partial charge is 0.496 e. The van der Waals surface area contributed by atoms with E-state index in [2.05, 4.69) is 9.97 Å². The number of ether oxygens (including phenoxy) is 1. The van der Waals surface area contributed by atoms with E-state index in [1.54, 1.807) is 13.3 Å². The van der Waals surface area contributed by atoms with E-state index < -0.39 is 0 Å². The molecular weight excluding hydrogens is 496 g/mol. The normalized spacial score (nSPS) is 14.0. The molecular formula is C30H34N4O3S. The second-order valence-corrected chi connectivity index (χ2v) is 11.0. The number of thiazole rings is 1. The van der Waals surface area contributed by atoms with E-state index in [1.165, 1.54) is 17.8 Å². The molecule has 2 aromatic carbocycles. The van der Waals surface area contributed by atoms with E-state index in [1.807, 2.05) is 72.6 Å². The zero-order chi connectivity index (χ0) is 26.8. The van der Waals surface area contributed by atoms with Gasteiger partial charge in [-0.2, -0.15) is 0 Å². The molecule has 0 spiro atoms. The van der Waals surface area contributed by atoms with E-state index >= 15 is 0 Å². The Bertz CT molecular complexity index is 1430. The Labute approximate surface area is 227 Å². The van der Waals surface area contributed by atoms with Crippen LogP contribution in [0, 0.1) is 6.92 Å². The highest BCUT2D eigenvalue weighted by molar-refractivity contribution is 7.13. The number of aryl methyl sites for hydroxylation is 1. The van der Waals surface area contributed by atoms with Crippen molar-refractivity contribution in [2.45, 2.75) is 51.5 Å². The summed E-state index contributed by atoms with van der Waals surface area (Å²) in [6.07, 6.45) is 7.34. The van der Waals surface area contributed by atoms with Gasteiger partial charge >= 0.3 is 0 Å². The summed E-state index contributed by atoms with van der Waals surface area (Å²) in [5.74, 6) is 0.373. The number of ketones is 1. The number of rotatable bonds is 8. The Hall–Kier alpha value is -3.65. The summed E-state index contributed by atoms with van der Waals surface area (Å²) in [5.41, 5.74) is 4.59. The van der Waals surface area contributed by atoms with E-state index in [-0.39, 0.29) is 24.2 Å². The Morgan fingerprint density at radius 1 is 1.08 bits per heavy atom. The van der Waals surface area contributed by atoms with Crippen molar-refractivity contribution >= 4 is 44.7 Å². The molecule has 7 nitrogen and oxygen atoms in total. The number of aromatic amines is 1. The first-order valence-corrected chi connectivity index (χ1v) is 14.0. The van der Waals surface area contributed by atoms with Gasteiger partial charge in [0.1, 0.15) is 5.75 Å². The van der Waals surface area contributed by atoms with E-state index in [0.717, 1.165) is 58.7 Å². The molecule has 1 aliphatic carbocycles. The SMILES string of the molecule is COc1ccc2[nH]c(C)c(CC(=O)N(c3nccs3)C3CCCCC3)c2c1C(=O)c1ccc(N(C)C)cc1. The lowest BCUT2D eigenvalue weighted by Crippen LogP contribution is -2.42. The van der Waals surface area contributed by atoms with Crippen LogP contribution in [0.25, 0.3) is 10.9 Å². The molecule has 0 bridgehead atoms. The van der Waals surface area contributed by atoms with Gasteiger partial charge in [0.05, 0.1) is 19.1 Å². The van der Waals surface area contributed by atoms with E-state index in [0.29, 0.717) is 16.9 Å². The van der Waals surface area contributed by atoms with Gasteiger partial charge in [-0.3, -0.25) is 14.5 Å². The van der Waals surface area contributed by atoms with Crippen molar-refractivity contribution in [2.24, 2.45) is 0 Å². The van der Waals surface area contributed by atoms with Crippen LogP contribution in [0.1, 0.15) is 59.3 Å². The van der Waals surface area contributed by atoms with Gasteiger partial charge in [0.25, 0.3) is 0 Å². The van der Waals surface area contributed by atoms with Crippen LogP contribution in [0.5, 0.6) is 5.75 Å². The summed E-state index contributed by atoms with van der Waals surface area (Å²) in [4.78, 5) is 39.7. The molecule has 1 fully saturated rings. The van der Waals surface area contributed by atoms with Crippen LogP contribution in [0.3, 0.4) is 0 Å². The van der Waals surface area contributed by atoms with Crippen molar-refractivity contribution in [3.05, 3.63) is 70.4 Å². The Balaban J connectivity index is 1.57. The molecule has 1 aliphatic rings. The fourth-order valence-corrected chi connectivity index (χ4v) is 6.24. The summed E-state index contributed by atoms with van der Waals surface area (Å²) < 4.78 is 5.68. The maximum Gasteiger partial charge on any atom is 0.233 e. The summed E-state index contributed by atoms with van der Waals surface area (Å²) in [7, 11) is 5.51. The minimum Gasteiger partial charge on any atom is -0.496 e. The van der Waals surface area contributed by atoms with Gasteiger partial charge < -0.3 is 14.6 Å². The number of nitrogens with one attached hydrogen (secondary N) is 1. The average molecular weight is 531 g/mol. The highest BCUT2D eigenvalue weighted by atomic mass is 32.1. The molecule has 1 saturated carbocycles. The number of aromatic nitrogens is 2. The zero-order valence-corrected chi connectivity index (χ0v) is 23.2. The molecule has 38 heavy (non-hydrogen) atoms. The summed E-state index contributed by atoms with van der Waals surface area (Å²) >= 11 is 1.50. The molecule has 1 N–H and O–H groups in total. The Morgan fingerprint density at radius 2 is 1.82 bits per heavy atom. The van der Waals surface area contributed by atoms with Gasteiger partial charge in [0.2, 0.25) is 5.91 Å². The second-order valence-electron chi connectivity index (χ2n) is 10.1.